The van der Waals surface area contributed by atoms with E-state index in [0.29, 0.717) is 18.2 Å². The van der Waals surface area contributed by atoms with Crippen molar-refractivity contribution in [2.24, 2.45) is 0 Å². The van der Waals surface area contributed by atoms with E-state index in [1.165, 1.54) is 38.5 Å². The highest BCUT2D eigenvalue weighted by atomic mass is 19.1. The van der Waals surface area contributed by atoms with Crippen molar-refractivity contribution in [2.75, 3.05) is 26.1 Å². The minimum Gasteiger partial charge on any atom is -0.508 e. The highest BCUT2D eigenvalue weighted by Gasteiger charge is 2.40. The monoisotopic (exact) mass is 478 g/mol. The van der Waals surface area contributed by atoms with Gasteiger partial charge in [-0.2, -0.15) is 9.97 Å². The molecule has 5 rings (SSSR count). The number of terminal acetylenes is 1. The maximum atomic E-state index is 16.1. The minimum atomic E-state index is -0.881. The summed E-state index contributed by atoms with van der Waals surface area (Å²) in [6.07, 6.45) is 6.82. The van der Waals surface area contributed by atoms with E-state index >= 15 is 4.39 Å². The van der Waals surface area contributed by atoms with E-state index in [4.69, 9.17) is 15.9 Å². The van der Waals surface area contributed by atoms with Gasteiger partial charge in [-0.15, -0.1) is 6.42 Å². The number of fused-ring (bicyclic) bond motifs is 2. The number of aromatic nitrogens is 3. The van der Waals surface area contributed by atoms with Crippen LogP contribution in [0, 0.1) is 24.0 Å². The number of hydrogen-bond acceptors (Lipinski definition) is 8. The first-order chi connectivity index (χ1) is 16.8. The van der Waals surface area contributed by atoms with Crippen LogP contribution in [0.4, 0.5) is 14.6 Å². The van der Waals surface area contributed by atoms with Gasteiger partial charge in [-0.25, -0.2) is 13.8 Å². The number of halogens is 2. The van der Waals surface area contributed by atoms with E-state index in [1.807, 2.05) is 0 Å². The highest BCUT2D eigenvalue weighted by molar-refractivity contribution is 6.04. The number of anilines is 1. The molecule has 0 bridgehead atoms. The van der Waals surface area contributed by atoms with E-state index in [9.17, 15) is 14.6 Å². The molecule has 2 heterocycles. The van der Waals surface area contributed by atoms with Crippen molar-refractivity contribution in [1.82, 2.24) is 15.0 Å². The van der Waals surface area contributed by atoms with Gasteiger partial charge in [0.05, 0.1) is 25.4 Å². The predicted molar refractivity (Wildman–Crippen MR) is 126 cm³/mol. The Kier molecular flexibility index (Phi) is 5.29. The summed E-state index contributed by atoms with van der Waals surface area (Å²) in [6, 6.07) is 5.12. The van der Waals surface area contributed by atoms with Gasteiger partial charge in [-0.3, -0.25) is 0 Å². The number of hydrogen-bond donors (Lipinski definition) is 3. The smallest absolute Gasteiger partial charge is 0.318 e. The SMILES string of the molecule is C#Cc1c(F)ccc2cc(O)cc(-c3nc(OC)c4c(NCC5(O)CC5)nc(OC)nc4c3F)c12. The normalized spacial score (nSPS) is 14.1. The quantitative estimate of drug-likeness (QED) is 0.360. The summed E-state index contributed by atoms with van der Waals surface area (Å²) in [5.41, 5.74) is -1.34. The number of benzene rings is 2. The summed E-state index contributed by atoms with van der Waals surface area (Å²) >= 11 is 0. The average Bonchev–Trinajstić information content (AvgIpc) is 3.59. The summed E-state index contributed by atoms with van der Waals surface area (Å²) in [6.45, 7) is 0.177. The Morgan fingerprint density at radius 1 is 1.11 bits per heavy atom. The van der Waals surface area contributed by atoms with Gasteiger partial charge >= 0.3 is 6.01 Å². The molecule has 1 aliphatic rings. The molecule has 2 aromatic heterocycles. The number of nitrogens with one attached hydrogen (secondary N) is 1. The second-order valence-electron chi connectivity index (χ2n) is 8.30. The molecule has 2 aromatic carbocycles. The van der Waals surface area contributed by atoms with Gasteiger partial charge in [0.15, 0.2) is 5.82 Å². The number of rotatable bonds is 6. The van der Waals surface area contributed by atoms with Crippen molar-refractivity contribution in [3.05, 3.63) is 41.5 Å². The van der Waals surface area contributed by atoms with Gasteiger partial charge in [0.2, 0.25) is 5.88 Å². The lowest BCUT2D eigenvalue weighted by atomic mass is 9.95. The molecule has 178 valence electrons. The molecule has 0 aliphatic heterocycles. The molecule has 0 saturated heterocycles. The first kappa shape index (κ1) is 22.6. The third-order valence-corrected chi connectivity index (χ3v) is 5.97. The lowest BCUT2D eigenvalue weighted by Gasteiger charge is -2.17. The molecule has 0 radical (unpaired) electrons. The van der Waals surface area contributed by atoms with Crippen LogP contribution in [0.15, 0.2) is 24.3 Å². The summed E-state index contributed by atoms with van der Waals surface area (Å²) in [5.74, 6) is 0.691. The van der Waals surface area contributed by atoms with Crippen molar-refractivity contribution in [1.29, 1.82) is 0 Å². The van der Waals surface area contributed by atoms with Crippen LogP contribution in [0.1, 0.15) is 18.4 Å². The fourth-order valence-electron chi connectivity index (χ4n) is 3.99. The molecule has 10 heteroatoms. The Morgan fingerprint density at radius 2 is 1.89 bits per heavy atom. The number of ether oxygens (including phenoxy) is 2. The van der Waals surface area contributed by atoms with Crippen molar-refractivity contribution >= 4 is 27.5 Å². The van der Waals surface area contributed by atoms with E-state index in [-0.39, 0.29) is 63.1 Å². The lowest BCUT2D eigenvalue weighted by Crippen LogP contribution is -2.21. The molecule has 3 N–H and O–H groups in total. The van der Waals surface area contributed by atoms with Gasteiger partial charge < -0.3 is 25.0 Å². The molecule has 4 aromatic rings. The molecular formula is C25H20F2N4O4. The fraction of sp³-hybridized carbons (Fsp3) is 0.240. The number of aromatic hydroxyl groups is 1. The molecule has 35 heavy (non-hydrogen) atoms. The number of nitrogens with zero attached hydrogens (tertiary/aromatic N) is 3. The van der Waals surface area contributed by atoms with Gasteiger partial charge in [0.1, 0.15) is 34.0 Å². The van der Waals surface area contributed by atoms with Gasteiger partial charge in [0.25, 0.3) is 0 Å². The molecule has 1 aliphatic carbocycles. The van der Waals surface area contributed by atoms with E-state index in [1.54, 1.807) is 0 Å². The maximum Gasteiger partial charge on any atom is 0.318 e. The zero-order chi connectivity index (χ0) is 24.9. The Bertz CT molecular complexity index is 1550. The van der Waals surface area contributed by atoms with Crippen molar-refractivity contribution in [3.63, 3.8) is 0 Å². The first-order valence-electron chi connectivity index (χ1n) is 10.7. The molecule has 0 atom stereocenters. The summed E-state index contributed by atoms with van der Waals surface area (Å²) < 4.78 is 41.2. The van der Waals surface area contributed by atoms with E-state index in [2.05, 4.69) is 26.2 Å². The third kappa shape index (κ3) is 3.80. The van der Waals surface area contributed by atoms with Crippen LogP contribution in [-0.4, -0.2) is 51.5 Å². The number of pyridine rings is 1. The fourth-order valence-corrected chi connectivity index (χ4v) is 3.99. The number of aliphatic hydroxyl groups is 1. The minimum absolute atomic E-state index is 0.0282. The molecule has 0 unspecified atom stereocenters. The number of methoxy groups -OCH3 is 2. The standard InChI is InChI=1S/C25H20F2N4O4/c1-4-14-16(26)6-5-12-9-13(32)10-15(17(12)14)20-19(27)21-18(23(29-20)34-2)22(31-24(30-21)35-3)28-11-25(33)7-8-25/h1,5-6,9-10,32-33H,7-8,11H2,2-3H3,(H,28,30,31). The molecular weight excluding hydrogens is 458 g/mol. The summed E-state index contributed by atoms with van der Waals surface area (Å²) in [4.78, 5) is 12.7. The van der Waals surface area contributed by atoms with Crippen LogP contribution in [0.2, 0.25) is 0 Å². The lowest BCUT2D eigenvalue weighted by molar-refractivity contribution is 0.164. The van der Waals surface area contributed by atoms with Crippen molar-refractivity contribution < 1.29 is 28.5 Å². The Balaban J connectivity index is 1.82. The zero-order valence-electron chi connectivity index (χ0n) is 18.8. The second kappa shape index (κ2) is 8.21. The predicted octanol–water partition coefficient (Wildman–Crippen LogP) is 3.76. The van der Waals surface area contributed by atoms with Crippen LogP contribution in [0.5, 0.6) is 17.6 Å². The molecule has 0 amide bonds. The van der Waals surface area contributed by atoms with Crippen molar-refractivity contribution in [3.8, 4) is 41.2 Å². The van der Waals surface area contributed by atoms with Crippen LogP contribution in [-0.2, 0) is 0 Å². The molecule has 8 nitrogen and oxygen atoms in total. The average molecular weight is 478 g/mol. The van der Waals surface area contributed by atoms with Crippen LogP contribution in [0.25, 0.3) is 32.9 Å². The van der Waals surface area contributed by atoms with E-state index in [0.717, 1.165) is 0 Å². The Hall–Kier alpha value is -4.23. The molecule has 1 saturated carbocycles. The van der Waals surface area contributed by atoms with Gasteiger partial charge in [-0.1, -0.05) is 12.0 Å². The summed E-state index contributed by atoms with van der Waals surface area (Å²) in [7, 11) is 2.68. The third-order valence-electron chi connectivity index (χ3n) is 5.97. The molecule has 1 fully saturated rings. The largest absolute Gasteiger partial charge is 0.508 e. The van der Waals surface area contributed by atoms with Crippen molar-refractivity contribution in [2.45, 2.75) is 18.4 Å². The Labute approximate surface area is 198 Å². The topological polar surface area (TPSA) is 110 Å². The van der Waals surface area contributed by atoms with Crippen LogP contribution >= 0.6 is 0 Å². The van der Waals surface area contributed by atoms with E-state index < -0.39 is 17.2 Å². The number of phenolic OH excluding ortho intramolecular Hbond substituents is 1. The Morgan fingerprint density at radius 3 is 2.54 bits per heavy atom. The highest BCUT2D eigenvalue weighted by Crippen LogP contribution is 2.41. The maximum absolute atomic E-state index is 16.1. The second-order valence-corrected chi connectivity index (χ2v) is 8.30. The van der Waals surface area contributed by atoms with Gasteiger partial charge in [-0.05, 0) is 36.4 Å². The zero-order valence-corrected chi connectivity index (χ0v) is 18.8. The summed E-state index contributed by atoms with van der Waals surface area (Å²) in [5, 5.41) is 24.3. The molecule has 0 spiro atoms. The van der Waals surface area contributed by atoms with Gasteiger partial charge in [0, 0.05) is 17.5 Å². The number of phenols is 1. The van der Waals surface area contributed by atoms with Crippen LogP contribution in [0.3, 0.4) is 0 Å². The van der Waals surface area contributed by atoms with Crippen LogP contribution < -0.4 is 14.8 Å². The first-order valence-corrected chi connectivity index (χ1v) is 10.7.